The van der Waals surface area contributed by atoms with Crippen LogP contribution in [0.2, 0.25) is 0 Å². The van der Waals surface area contributed by atoms with E-state index in [1.54, 1.807) is 0 Å². The van der Waals surface area contributed by atoms with Crippen LogP contribution in [-0.2, 0) is 0 Å². The van der Waals surface area contributed by atoms with Gasteiger partial charge in [-0.15, -0.1) is 0 Å². The van der Waals surface area contributed by atoms with Gasteiger partial charge >= 0.3 is 0 Å². The van der Waals surface area contributed by atoms with Crippen molar-refractivity contribution in [3.63, 3.8) is 0 Å². The van der Waals surface area contributed by atoms with Gasteiger partial charge in [-0.25, -0.2) is 14.4 Å². The van der Waals surface area contributed by atoms with E-state index in [0.717, 1.165) is 5.56 Å². The van der Waals surface area contributed by atoms with Crippen LogP contribution in [0.1, 0.15) is 25.3 Å². The summed E-state index contributed by atoms with van der Waals surface area (Å²) in [5, 5.41) is 0. The van der Waals surface area contributed by atoms with Crippen molar-refractivity contribution in [3.8, 4) is 11.4 Å². The summed E-state index contributed by atoms with van der Waals surface area (Å²) in [6.45, 7) is 4.28. The molecule has 0 radical (unpaired) electrons. The second-order valence-electron chi connectivity index (χ2n) is 4.00. The van der Waals surface area contributed by atoms with Gasteiger partial charge in [0.1, 0.15) is 0 Å². The highest BCUT2D eigenvalue weighted by molar-refractivity contribution is 5.55. The van der Waals surface area contributed by atoms with Crippen molar-refractivity contribution >= 4 is 0 Å². The molecule has 82 valence electrons. The van der Waals surface area contributed by atoms with Gasteiger partial charge in [-0.05, 0) is 11.5 Å². The average molecular weight is 216 g/mol. The van der Waals surface area contributed by atoms with Crippen LogP contribution in [0.15, 0.2) is 36.7 Å². The fourth-order valence-electron chi connectivity index (χ4n) is 1.48. The largest absolute Gasteiger partial charge is 0.233 e. The van der Waals surface area contributed by atoms with Crippen LogP contribution in [0.3, 0.4) is 0 Å². The Labute approximate surface area is 94.2 Å². The van der Waals surface area contributed by atoms with Gasteiger partial charge in [-0.2, -0.15) is 0 Å². The van der Waals surface area contributed by atoms with Gasteiger partial charge in [0.25, 0.3) is 0 Å². The van der Waals surface area contributed by atoms with E-state index in [2.05, 4.69) is 23.8 Å². The Bertz CT molecular complexity index is 460. The lowest BCUT2D eigenvalue weighted by atomic mass is 10.0. The molecule has 0 aliphatic rings. The van der Waals surface area contributed by atoms with E-state index in [1.165, 1.54) is 18.0 Å². The lowest BCUT2D eigenvalue weighted by Crippen LogP contribution is -1.91. The Hall–Kier alpha value is -1.77. The second-order valence-corrected chi connectivity index (χ2v) is 4.00. The first-order valence-corrected chi connectivity index (χ1v) is 5.24. The molecule has 0 aliphatic heterocycles. The summed E-state index contributed by atoms with van der Waals surface area (Å²) >= 11 is 0. The van der Waals surface area contributed by atoms with Crippen molar-refractivity contribution in [2.24, 2.45) is 0 Å². The molecule has 0 spiro atoms. The Balaban J connectivity index is 2.31. The molecule has 3 heteroatoms. The fraction of sp³-hybridized carbons (Fsp3) is 0.231. The molecule has 0 amide bonds. The van der Waals surface area contributed by atoms with Crippen LogP contribution in [0.4, 0.5) is 4.39 Å². The van der Waals surface area contributed by atoms with E-state index in [1.807, 2.05) is 24.3 Å². The highest BCUT2D eigenvalue weighted by Gasteiger charge is 2.03. The number of benzene rings is 1. The maximum absolute atomic E-state index is 12.6. The Morgan fingerprint density at radius 3 is 2.06 bits per heavy atom. The maximum Gasteiger partial charge on any atom is 0.159 e. The molecule has 0 N–H and O–H groups in total. The quantitative estimate of drug-likeness (QED) is 0.768. The number of rotatable bonds is 2. The fourth-order valence-corrected chi connectivity index (χ4v) is 1.48. The van der Waals surface area contributed by atoms with Gasteiger partial charge in [0, 0.05) is 5.56 Å². The van der Waals surface area contributed by atoms with Crippen molar-refractivity contribution in [2.45, 2.75) is 19.8 Å². The summed E-state index contributed by atoms with van der Waals surface area (Å²) < 4.78 is 12.6. The van der Waals surface area contributed by atoms with E-state index in [9.17, 15) is 4.39 Å². The molecule has 2 rings (SSSR count). The van der Waals surface area contributed by atoms with Crippen molar-refractivity contribution in [2.75, 3.05) is 0 Å². The molecule has 0 saturated carbocycles. The summed E-state index contributed by atoms with van der Waals surface area (Å²) in [5.74, 6) is 0.641. The smallest absolute Gasteiger partial charge is 0.159 e. The highest BCUT2D eigenvalue weighted by Crippen LogP contribution is 2.19. The maximum atomic E-state index is 12.6. The van der Waals surface area contributed by atoms with E-state index >= 15 is 0 Å². The zero-order chi connectivity index (χ0) is 11.5. The minimum atomic E-state index is -0.414. The average Bonchev–Trinajstić information content (AvgIpc) is 2.30. The molecule has 2 aromatic rings. The van der Waals surface area contributed by atoms with Gasteiger partial charge in [0.05, 0.1) is 12.4 Å². The molecular weight excluding hydrogens is 203 g/mol. The Morgan fingerprint density at radius 1 is 1.00 bits per heavy atom. The molecule has 1 heterocycles. The molecule has 2 nitrogen and oxygen atoms in total. The topological polar surface area (TPSA) is 25.8 Å². The lowest BCUT2D eigenvalue weighted by Gasteiger charge is -2.05. The third kappa shape index (κ3) is 2.24. The molecule has 1 aromatic heterocycles. The first-order chi connectivity index (χ1) is 7.66. The van der Waals surface area contributed by atoms with Gasteiger partial charge in [-0.3, -0.25) is 0 Å². The zero-order valence-corrected chi connectivity index (χ0v) is 9.31. The molecule has 0 unspecified atom stereocenters. The molecular formula is C13H13FN2. The van der Waals surface area contributed by atoms with Crippen molar-refractivity contribution in [1.29, 1.82) is 0 Å². The monoisotopic (exact) mass is 216 g/mol. The molecule has 0 atom stereocenters. The molecule has 16 heavy (non-hydrogen) atoms. The number of hydrogen-bond donors (Lipinski definition) is 0. The van der Waals surface area contributed by atoms with Crippen molar-refractivity contribution in [3.05, 3.63) is 48.0 Å². The predicted octanol–water partition coefficient (Wildman–Crippen LogP) is 3.41. The molecule has 1 aromatic carbocycles. The molecule has 0 saturated heterocycles. The van der Waals surface area contributed by atoms with Gasteiger partial charge in [0.15, 0.2) is 11.6 Å². The molecule has 0 fully saturated rings. The van der Waals surface area contributed by atoms with Crippen LogP contribution in [-0.4, -0.2) is 9.97 Å². The van der Waals surface area contributed by atoms with Gasteiger partial charge in [-0.1, -0.05) is 38.1 Å². The number of nitrogens with zero attached hydrogens (tertiary/aromatic N) is 2. The number of halogens is 1. The van der Waals surface area contributed by atoms with Crippen LogP contribution in [0, 0.1) is 5.82 Å². The van der Waals surface area contributed by atoms with Gasteiger partial charge in [0.2, 0.25) is 0 Å². The van der Waals surface area contributed by atoms with E-state index in [4.69, 9.17) is 0 Å². The second kappa shape index (κ2) is 4.39. The van der Waals surface area contributed by atoms with E-state index in [-0.39, 0.29) is 0 Å². The third-order valence-electron chi connectivity index (χ3n) is 2.46. The zero-order valence-electron chi connectivity index (χ0n) is 9.31. The summed E-state index contributed by atoms with van der Waals surface area (Å²) in [7, 11) is 0. The standard InChI is InChI=1S/C13H13FN2/c1-9(2)10-3-5-11(6-4-10)13-15-7-12(14)8-16-13/h3-9H,1-2H3. The summed E-state index contributed by atoms with van der Waals surface area (Å²) in [6, 6.07) is 8.02. The normalized spacial score (nSPS) is 10.8. The van der Waals surface area contributed by atoms with Gasteiger partial charge < -0.3 is 0 Å². The Kier molecular flexibility index (Phi) is 2.95. The number of hydrogen-bond acceptors (Lipinski definition) is 2. The molecule has 0 aliphatic carbocycles. The van der Waals surface area contributed by atoms with Crippen LogP contribution in [0.25, 0.3) is 11.4 Å². The first-order valence-electron chi connectivity index (χ1n) is 5.24. The first kappa shape index (κ1) is 10.7. The predicted molar refractivity (Wildman–Crippen MR) is 61.5 cm³/mol. The minimum absolute atomic E-state index is 0.414. The summed E-state index contributed by atoms with van der Waals surface area (Å²) in [5.41, 5.74) is 2.18. The number of aromatic nitrogens is 2. The summed E-state index contributed by atoms with van der Waals surface area (Å²) in [4.78, 5) is 7.87. The summed E-state index contributed by atoms with van der Waals surface area (Å²) in [6.07, 6.45) is 2.36. The van der Waals surface area contributed by atoms with Crippen molar-refractivity contribution in [1.82, 2.24) is 9.97 Å². The van der Waals surface area contributed by atoms with Crippen LogP contribution < -0.4 is 0 Å². The minimum Gasteiger partial charge on any atom is -0.233 e. The Morgan fingerprint density at radius 2 is 1.56 bits per heavy atom. The lowest BCUT2D eigenvalue weighted by molar-refractivity contribution is 0.614. The van der Waals surface area contributed by atoms with E-state index < -0.39 is 5.82 Å². The van der Waals surface area contributed by atoms with Crippen LogP contribution >= 0.6 is 0 Å². The highest BCUT2D eigenvalue weighted by atomic mass is 19.1. The van der Waals surface area contributed by atoms with Crippen molar-refractivity contribution < 1.29 is 4.39 Å². The van der Waals surface area contributed by atoms with Crippen LogP contribution in [0.5, 0.6) is 0 Å². The molecule has 0 bridgehead atoms. The third-order valence-corrected chi connectivity index (χ3v) is 2.46. The van der Waals surface area contributed by atoms with E-state index in [0.29, 0.717) is 11.7 Å². The SMILES string of the molecule is CC(C)c1ccc(-c2ncc(F)cn2)cc1.